The quantitative estimate of drug-likeness (QED) is 0.609. The predicted octanol–water partition coefficient (Wildman–Crippen LogP) is 2.44. The summed E-state index contributed by atoms with van der Waals surface area (Å²) in [4.78, 5) is 48.5. The predicted molar refractivity (Wildman–Crippen MR) is 110 cm³/mol. The lowest BCUT2D eigenvalue weighted by molar-refractivity contribution is -0.119. The number of nitrogens with two attached hydrogens (primary N) is 1. The van der Waals surface area contributed by atoms with Gasteiger partial charge >= 0.3 is 11.9 Å². The lowest BCUT2D eigenvalue weighted by Crippen LogP contribution is -2.22. The van der Waals surface area contributed by atoms with E-state index >= 15 is 0 Å². The van der Waals surface area contributed by atoms with E-state index in [0.29, 0.717) is 22.4 Å². The van der Waals surface area contributed by atoms with Crippen LogP contribution in [0.4, 0.5) is 5.00 Å². The molecule has 2 amide bonds. The number of aryl methyl sites for hydroxylation is 1. The maximum atomic E-state index is 12.3. The molecule has 3 N–H and O–H groups in total. The standard InChI is InChI=1S/C20H22N2O7S/c1-5-28-20(26)15-11(3)16(17(21)24)30-18(15)22-14(23)9-29-19(25)13-7-6-12(27-4)8-10(13)2/h6-8H,5,9H2,1-4H3,(H2,21,24)(H,22,23). The van der Waals surface area contributed by atoms with Crippen molar-refractivity contribution in [2.75, 3.05) is 25.6 Å². The van der Waals surface area contributed by atoms with Gasteiger partial charge in [0.2, 0.25) is 0 Å². The maximum Gasteiger partial charge on any atom is 0.341 e. The summed E-state index contributed by atoms with van der Waals surface area (Å²) in [6.07, 6.45) is 0. The minimum Gasteiger partial charge on any atom is -0.497 e. The molecule has 160 valence electrons. The number of carbonyl (C=O) groups excluding carboxylic acids is 4. The average Bonchev–Trinajstić information content (AvgIpc) is 3.02. The first-order valence-electron chi connectivity index (χ1n) is 8.91. The van der Waals surface area contributed by atoms with Gasteiger partial charge in [0.15, 0.2) is 6.61 Å². The third kappa shape index (κ3) is 5.15. The third-order valence-corrected chi connectivity index (χ3v) is 5.31. The fourth-order valence-corrected chi connectivity index (χ4v) is 3.71. The number of hydrogen-bond donors (Lipinski definition) is 2. The van der Waals surface area contributed by atoms with Crippen molar-refractivity contribution in [2.24, 2.45) is 5.73 Å². The Kier molecular flexibility index (Phi) is 7.54. The molecule has 0 radical (unpaired) electrons. The van der Waals surface area contributed by atoms with E-state index in [9.17, 15) is 19.2 Å². The fraction of sp³-hybridized carbons (Fsp3) is 0.300. The second kappa shape index (κ2) is 9.88. The Labute approximate surface area is 177 Å². The molecule has 2 aromatic rings. The Bertz CT molecular complexity index is 997. The molecule has 0 saturated carbocycles. The second-order valence-corrected chi connectivity index (χ2v) is 7.17. The van der Waals surface area contributed by atoms with E-state index < -0.39 is 30.4 Å². The Morgan fingerprint density at radius 3 is 2.37 bits per heavy atom. The summed E-state index contributed by atoms with van der Waals surface area (Å²) >= 11 is 0.852. The smallest absolute Gasteiger partial charge is 0.341 e. The van der Waals surface area contributed by atoms with Crippen molar-refractivity contribution >= 4 is 40.1 Å². The van der Waals surface area contributed by atoms with Crippen molar-refractivity contribution in [3.05, 3.63) is 45.3 Å². The molecule has 10 heteroatoms. The third-order valence-electron chi connectivity index (χ3n) is 4.09. The fourth-order valence-electron chi connectivity index (χ4n) is 2.65. The number of anilines is 1. The number of nitrogens with one attached hydrogen (secondary N) is 1. The summed E-state index contributed by atoms with van der Waals surface area (Å²) in [5, 5.41) is 2.58. The van der Waals surface area contributed by atoms with E-state index in [2.05, 4.69) is 5.32 Å². The van der Waals surface area contributed by atoms with Crippen LogP contribution in [0, 0.1) is 13.8 Å². The number of rotatable bonds is 8. The zero-order valence-corrected chi connectivity index (χ0v) is 17.8. The largest absolute Gasteiger partial charge is 0.497 e. The summed E-state index contributed by atoms with van der Waals surface area (Å²) in [7, 11) is 1.51. The lowest BCUT2D eigenvalue weighted by Gasteiger charge is -2.09. The molecule has 1 aromatic heterocycles. The first-order valence-corrected chi connectivity index (χ1v) is 9.73. The molecule has 30 heavy (non-hydrogen) atoms. The van der Waals surface area contributed by atoms with Crippen molar-refractivity contribution in [3.63, 3.8) is 0 Å². The van der Waals surface area contributed by atoms with Crippen molar-refractivity contribution < 1.29 is 33.4 Å². The van der Waals surface area contributed by atoms with Crippen molar-refractivity contribution in [1.29, 1.82) is 0 Å². The van der Waals surface area contributed by atoms with Crippen LogP contribution in [0.5, 0.6) is 5.75 Å². The summed E-state index contributed by atoms with van der Waals surface area (Å²) < 4.78 is 15.1. The molecule has 0 aliphatic rings. The van der Waals surface area contributed by atoms with Gasteiger partial charge < -0.3 is 25.3 Å². The Hall–Kier alpha value is -3.40. The zero-order chi connectivity index (χ0) is 22.4. The Morgan fingerprint density at radius 2 is 1.80 bits per heavy atom. The van der Waals surface area contributed by atoms with Gasteiger partial charge in [0, 0.05) is 0 Å². The highest BCUT2D eigenvalue weighted by atomic mass is 32.1. The average molecular weight is 434 g/mol. The molecular weight excluding hydrogens is 412 g/mol. The molecule has 0 aliphatic heterocycles. The van der Waals surface area contributed by atoms with Crippen LogP contribution in [0.3, 0.4) is 0 Å². The minimum absolute atomic E-state index is 0.0429. The first kappa shape index (κ1) is 22.9. The second-order valence-electron chi connectivity index (χ2n) is 6.15. The SMILES string of the molecule is CCOC(=O)c1c(NC(=O)COC(=O)c2ccc(OC)cc2C)sc(C(N)=O)c1C. The highest BCUT2D eigenvalue weighted by Gasteiger charge is 2.26. The number of benzene rings is 1. The topological polar surface area (TPSA) is 134 Å². The van der Waals surface area contributed by atoms with Gasteiger partial charge in [0.25, 0.3) is 11.8 Å². The molecule has 0 bridgehead atoms. The van der Waals surface area contributed by atoms with E-state index in [1.165, 1.54) is 20.1 Å². The van der Waals surface area contributed by atoms with Gasteiger partial charge in [-0.25, -0.2) is 9.59 Å². The van der Waals surface area contributed by atoms with Gasteiger partial charge in [-0.15, -0.1) is 11.3 Å². The number of carbonyl (C=O) groups is 4. The minimum atomic E-state index is -0.732. The Morgan fingerprint density at radius 1 is 1.10 bits per heavy atom. The molecule has 1 aromatic carbocycles. The van der Waals surface area contributed by atoms with Gasteiger partial charge in [-0.1, -0.05) is 0 Å². The molecule has 0 spiro atoms. The highest BCUT2D eigenvalue weighted by molar-refractivity contribution is 7.18. The number of hydrogen-bond acceptors (Lipinski definition) is 8. The highest BCUT2D eigenvalue weighted by Crippen LogP contribution is 2.33. The van der Waals surface area contributed by atoms with Gasteiger partial charge in [-0.3, -0.25) is 9.59 Å². The van der Waals surface area contributed by atoms with Crippen LogP contribution >= 0.6 is 11.3 Å². The van der Waals surface area contributed by atoms with E-state index in [4.69, 9.17) is 19.9 Å². The molecule has 0 saturated heterocycles. The van der Waals surface area contributed by atoms with E-state index in [1.54, 1.807) is 26.0 Å². The van der Waals surface area contributed by atoms with Crippen LogP contribution in [0.2, 0.25) is 0 Å². The molecule has 1 heterocycles. The number of amides is 2. The van der Waals surface area contributed by atoms with Gasteiger partial charge in [-0.2, -0.15) is 0 Å². The van der Waals surface area contributed by atoms with E-state index in [1.807, 2.05) is 0 Å². The summed E-state index contributed by atoms with van der Waals surface area (Å²) in [5.74, 6) is -2.20. The van der Waals surface area contributed by atoms with Crippen LogP contribution in [0.25, 0.3) is 0 Å². The first-order chi connectivity index (χ1) is 14.2. The lowest BCUT2D eigenvalue weighted by atomic mass is 10.1. The van der Waals surface area contributed by atoms with Crippen LogP contribution in [-0.4, -0.2) is 44.1 Å². The van der Waals surface area contributed by atoms with E-state index in [-0.39, 0.29) is 22.0 Å². The van der Waals surface area contributed by atoms with E-state index in [0.717, 1.165) is 11.3 Å². The number of esters is 2. The van der Waals surface area contributed by atoms with Crippen LogP contribution in [0.1, 0.15) is 48.4 Å². The number of thiophene rings is 1. The summed E-state index contributed by atoms with van der Waals surface area (Å²) in [5.41, 5.74) is 6.60. The molecule has 0 aliphatic carbocycles. The zero-order valence-electron chi connectivity index (χ0n) is 17.0. The van der Waals surface area contributed by atoms with Crippen LogP contribution < -0.4 is 15.8 Å². The molecule has 9 nitrogen and oxygen atoms in total. The Balaban J connectivity index is 2.12. The number of primary amides is 1. The normalized spacial score (nSPS) is 10.3. The van der Waals surface area contributed by atoms with Gasteiger partial charge in [-0.05, 0) is 50.1 Å². The van der Waals surface area contributed by atoms with Gasteiger partial charge in [0.05, 0.1) is 29.7 Å². The summed E-state index contributed by atoms with van der Waals surface area (Å²) in [6, 6.07) is 4.81. The molecule has 0 unspecified atom stereocenters. The van der Waals surface area contributed by atoms with Crippen LogP contribution in [-0.2, 0) is 14.3 Å². The monoisotopic (exact) mass is 434 g/mol. The van der Waals surface area contributed by atoms with Gasteiger partial charge in [0.1, 0.15) is 10.8 Å². The number of methoxy groups -OCH3 is 1. The van der Waals surface area contributed by atoms with Crippen molar-refractivity contribution in [1.82, 2.24) is 0 Å². The maximum absolute atomic E-state index is 12.3. The molecule has 0 atom stereocenters. The number of ether oxygens (including phenoxy) is 3. The molecular formula is C20H22N2O7S. The molecule has 0 fully saturated rings. The van der Waals surface area contributed by atoms with Crippen LogP contribution in [0.15, 0.2) is 18.2 Å². The summed E-state index contributed by atoms with van der Waals surface area (Å²) in [6.45, 7) is 4.41. The van der Waals surface area contributed by atoms with Crippen molar-refractivity contribution in [2.45, 2.75) is 20.8 Å². The van der Waals surface area contributed by atoms with Crippen molar-refractivity contribution in [3.8, 4) is 5.75 Å². The molecule has 2 rings (SSSR count).